The van der Waals surface area contributed by atoms with E-state index < -0.39 is 53.9 Å². The zero-order chi connectivity index (χ0) is 21.8. The van der Waals surface area contributed by atoms with Crippen molar-refractivity contribution in [3.63, 3.8) is 0 Å². The standard InChI is InChI=1S/C17H16F4N2O6/c18-16(19)17(20,21)29-10-3-1-9(2-4-10)8-23-6-5-11(24)13(15(23)28)14(27)22-7-12(25)26/h1-4,16,24H,5-8H2,(H,22,27)(H,25,26). The van der Waals surface area contributed by atoms with E-state index in [-0.39, 0.29) is 19.5 Å². The summed E-state index contributed by atoms with van der Waals surface area (Å²) in [4.78, 5) is 36.1. The van der Waals surface area contributed by atoms with Crippen molar-refractivity contribution in [1.29, 1.82) is 0 Å². The fourth-order valence-corrected chi connectivity index (χ4v) is 2.46. The van der Waals surface area contributed by atoms with Gasteiger partial charge in [-0.25, -0.2) is 0 Å². The number of halogens is 4. The van der Waals surface area contributed by atoms with Crippen molar-refractivity contribution in [2.45, 2.75) is 25.5 Å². The van der Waals surface area contributed by atoms with Gasteiger partial charge in [-0.1, -0.05) is 12.1 Å². The van der Waals surface area contributed by atoms with Crippen molar-refractivity contribution in [3.8, 4) is 5.75 Å². The minimum atomic E-state index is -4.65. The van der Waals surface area contributed by atoms with Crippen LogP contribution < -0.4 is 10.1 Å². The number of nitrogens with one attached hydrogen (secondary N) is 1. The average molecular weight is 420 g/mol. The third kappa shape index (κ3) is 5.59. The van der Waals surface area contributed by atoms with Gasteiger partial charge >= 0.3 is 18.5 Å². The highest BCUT2D eigenvalue weighted by Crippen LogP contribution is 2.28. The fraction of sp³-hybridized carbons (Fsp3) is 0.353. The Balaban J connectivity index is 2.06. The van der Waals surface area contributed by atoms with E-state index in [2.05, 4.69) is 4.74 Å². The second-order valence-electron chi connectivity index (χ2n) is 5.98. The lowest BCUT2D eigenvalue weighted by Crippen LogP contribution is -2.43. The molecule has 0 radical (unpaired) electrons. The van der Waals surface area contributed by atoms with Crippen LogP contribution in [0.25, 0.3) is 0 Å². The van der Waals surface area contributed by atoms with Crippen LogP contribution in [0.4, 0.5) is 17.6 Å². The Morgan fingerprint density at radius 3 is 2.41 bits per heavy atom. The van der Waals surface area contributed by atoms with Crippen LogP contribution in [0.15, 0.2) is 35.6 Å². The third-order valence-electron chi connectivity index (χ3n) is 3.84. The summed E-state index contributed by atoms with van der Waals surface area (Å²) in [6, 6.07) is 4.58. The number of amides is 2. The molecule has 1 aromatic rings. The van der Waals surface area contributed by atoms with E-state index >= 15 is 0 Å². The molecule has 0 unspecified atom stereocenters. The predicted octanol–water partition coefficient (Wildman–Crippen LogP) is 1.67. The molecule has 0 bridgehead atoms. The summed E-state index contributed by atoms with van der Waals surface area (Å²) in [5, 5.41) is 20.4. The lowest BCUT2D eigenvalue weighted by Gasteiger charge is -2.28. The second kappa shape index (κ2) is 8.80. The summed E-state index contributed by atoms with van der Waals surface area (Å²) < 4.78 is 54.0. The summed E-state index contributed by atoms with van der Waals surface area (Å²) in [5.74, 6) is -4.21. The number of alkyl halides is 4. The first kappa shape index (κ1) is 22.0. The molecule has 2 amide bonds. The number of carboxylic acids is 1. The van der Waals surface area contributed by atoms with Gasteiger partial charge in [-0.3, -0.25) is 14.4 Å². The number of ether oxygens (including phenoxy) is 1. The van der Waals surface area contributed by atoms with E-state index in [1.807, 2.05) is 5.32 Å². The molecule has 1 aliphatic rings. The maximum atomic E-state index is 12.9. The Hall–Kier alpha value is -3.31. The summed E-state index contributed by atoms with van der Waals surface area (Å²) in [5.41, 5.74) is -0.174. The van der Waals surface area contributed by atoms with E-state index in [0.717, 1.165) is 12.1 Å². The van der Waals surface area contributed by atoms with Crippen molar-refractivity contribution in [2.75, 3.05) is 13.1 Å². The molecule has 2 rings (SSSR count). The molecular weight excluding hydrogens is 404 g/mol. The monoisotopic (exact) mass is 420 g/mol. The van der Waals surface area contributed by atoms with Crippen LogP contribution in [0.5, 0.6) is 5.75 Å². The molecule has 1 aromatic carbocycles. The molecule has 0 atom stereocenters. The zero-order valence-corrected chi connectivity index (χ0v) is 14.7. The lowest BCUT2D eigenvalue weighted by molar-refractivity contribution is -0.253. The van der Waals surface area contributed by atoms with Crippen LogP contribution in [0.1, 0.15) is 12.0 Å². The number of aliphatic carboxylic acids is 1. The number of hydrogen-bond acceptors (Lipinski definition) is 5. The van der Waals surface area contributed by atoms with Gasteiger partial charge in [0, 0.05) is 19.5 Å². The van der Waals surface area contributed by atoms with Crippen molar-refractivity contribution >= 4 is 17.8 Å². The molecule has 0 saturated carbocycles. The Morgan fingerprint density at radius 2 is 1.86 bits per heavy atom. The van der Waals surface area contributed by atoms with Gasteiger partial charge in [0.25, 0.3) is 11.8 Å². The van der Waals surface area contributed by atoms with Gasteiger partial charge < -0.3 is 25.2 Å². The van der Waals surface area contributed by atoms with Gasteiger partial charge in [0.15, 0.2) is 0 Å². The molecule has 8 nitrogen and oxygen atoms in total. The molecule has 29 heavy (non-hydrogen) atoms. The number of carboxylic acid groups (broad SMARTS) is 1. The van der Waals surface area contributed by atoms with Crippen LogP contribution in [0, 0.1) is 0 Å². The molecule has 0 aromatic heterocycles. The Morgan fingerprint density at radius 1 is 1.24 bits per heavy atom. The van der Waals surface area contributed by atoms with E-state index in [9.17, 15) is 37.1 Å². The number of nitrogens with zero attached hydrogens (tertiary/aromatic N) is 1. The first-order valence-electron chi connectivity index (χ1n) is 8.16. The molecule has 0 fully saturated rings. The van der Waals surface area contributed by atoms with Gasteiger partial charge in [-0.2, -0.15) is 17.6 Å². The van der Waals surface area contributed by atoms with Crippen LogP contribution in [0.2, 0.25) is 0 Å². The van der Waals surface area contributed by atoms with Gasteiger partial charge in [0.05, 0.1) is 0 Å². The Kier molecular flexibility index (Phi) is 6.67. The van der Waals surface area contributed by atoms with Crippen LogP contribution in [-0.4, -0.2) is 58.5 Å². The maximum absolute atomic E-state index is 12.9. The van der Waals surface area contributed by atoms with E-state index in [0.29, 0.717) is 5.56 Å². The van der Waals surface area contributed by atoms with Crippen LogP contribution in [0.3, 0.4) is 0 Å². The van der Waals surface area contributed by atoms with Gasteiger partial charge in [-0.05, 0) is 17.7 Å². The van der Waals surface area contributed by atoms with Crippen molar-refractivity contribution in [1.82, 2.24) is 10.2 Å². The third-order valence-corrected chi connectivity index (χ3v) is 3.84. The van der Waals surface area contributed by atoms with Gasteiger partial charge in [-0.15, -0.1) is 0 Å². The largest absolute Gasteiger partial charge is 0.511 e. The van der Waals surface area contributed by atoms with E-state index in [1.165, 1.54) is 17.0 Å². The number of benzene rings is 1. The van der Waals surface area contributed by atoms with Crippen LogP contribution in [-0.2, 0) is 20.9 Å². The molecular formula is C17H16F4N2O6. The number of carbonyl (C=O) groups is 3. The smallest absolute Gasteiger partial charge is 0.461 e. The van der Waals surface area contributed by atoms with Gasteiger partial charge in [0.1, 0.15) is 23.6 Å². The fourth-order valence-electron chi connectivity index (χ4n) is 2.46. The zero-order valence-electron chi connectivity index (χ0n) is 14.7. The summed E-state index contributed by atoms with van der Waals surface area (Å²) >= 11 is 0. The van der Waals surface area contributed by atoms with E-state index in [4.69, 9.17) is 5.11 Å². The minimum Gasteiger partial charge on any atom is -0.511 e. The molecule has 0 spiro atoms. The quantitative estimate of drug-likeness (QED) is 0.435. The highest BCUT2D eigenvalue weighted by molar-refractivity contribution is 6.19. The number of rotatable bonds is 8. The van der Waals surface area contributed by atoms with Gasteiger partial charge in [0.2, 0.25) is 0 Å². The molecule has 3 N–H and O–H groups in total. The average Bonchev–Trinajstić information content (AvgIpc) is 2.63. The summed E-state index contributed by atoms with van der Waals surface area (Å²) in [7, 11) is 0. The second-order valence-corrected chi connectivity index (χ2v) is 5.98. The molecule has 0 aliphatic carbocycles. The normalized spacial score (nSPS) is 14.9. The summed E-state index contributed by atoms with van der Waals surface area (Å²) in [6.07, 6.45) is -8.70. The molecule has 0 saturated heterocycles. The Bertz CT molecular complexity index is 826. The molecule has 1 aliphatic heterocycles. The topological polar surface area (TPSA) is 116 Å². The predicted molar refractivity (Wildman–Crippen MR) is 88.4 cm³/mol. The first-order chi connectivity index (χ1) is 13.5. The summed E-state index contributed by atoms with van der Waals surface area (Å²) in [6.45, 7) is -0.775. The number of hydrogen-bond donors (Lipinski definition) is 3. The number of aliphatic hydroxyl groups excluding tert-OH is 1. The maximum Gasteiger partial charge on any atom is 0.461 e. The van der Waals surface area contributed by atoms with Crippen molar-refractivity contribution < 1.29 is 46.9 Å². The molecule has 158 valence electrons. The van der Waals surface area contributed by atoms with Crippen LogP contribution >= 0.6 is 0 Å². The van der Waals surface area contributed by atoms with E-state index in [1.54, 1.807) is 0 Å². The highest BCUT2D eigenvalue weighted by Gasteiger charge is 2.44. The SMILES string of the molecule is O=C(O)CNC(=O)C1=C(O)CCN(Cc2ccc(OC(F)(F)C(F)F)cc2)C1=O. The number of carbonyl (C=O) groups excluding carboxylic acids is 2. The van der Waals surface area contributed by atoms with Crippen molar-refractivity contribution in [2.24, 2.45) is 0 Å². The minimum absolute atomic E-state index is 0.0437. The molecule has 12 heteroatoms. The highest BCUT2D eigenvalue weighted by atomic mass is 19.3. The Labute approximate surface area is 161 Å². The number of aliphatic hydroxyl groups is 1. The first-order valence-corrected chi connectivity index (χ1v) is 8.16. The lowest BCUT2D eigenvalue weighted by atomic mass is 10.0. The van der Waals surface area contributed by atoms with Crippen molar-refractivity contribution in [3.05, 3.63) is 41.2 Å². The molecule has 1 heterocycles.